The van der Waals surface area contributed by atoms with Gasteiger partial charge in [-0.1, -0.05) is 6.92 Å². The molecule has 0 amide bonds. The first-order valence-corrected chi connectivity index (χ1v) is 7.21. The lowest BCUT2D eigenvalue weighted by atomic mass is 9.98. The van der Waals surface area contributed by atoms with Crippen LogP contribution in [0.3, 0.4) is 0 Å². The van der Waals surface area contributed by atoms with Crippen LogP contribution in [-0.2, 0) is 4.74 Å². The number of piperidine rings is 1. The van der Waals surface area contributed by atoms with Crippen LogP contribution in [-0.4, -0.2) is 49.8 Å². The zero-order valence-corrected chi connectivity index (χ0v) is 11.6. The molecule has 0 aromatic heterocycles. The van der Waals surface area contributed by atoms with Crippen LogP contribution < -0.4 is 5.32 Å². The third-order valence-electron chi connectivity index (χ3n) is 4.45. The molecule has 0 radical (unpaired) electrons. The standard InChI is InChI=1S/C14H28N2O/c1-11(9-15-13-6-7-13)12(2)16-8-4-5-14(10-16)17-3/h11-15H,4-10H2,1-3H3. The van der Waals surface area contributed by atoms with Crippen molar-refractivity contribution >= 4 is 0 Å². The first-order chi connectivity index (χ1) is 8.20. The molecular weight excluding hydrogens is 212 g/mol. The van der Waals surface area contributed by atoms with Gasteiger partial charge in [-0.2, -0.15) is 0 Å². The monoisotopic (exact) mass is 240 g/mol. The molecule has 0 aromatic carbocycles. The van der Waals surface area contributed by atoms with Gasteiger partial charge in [0.15, 0.2) is 0 Å². The zero-order valence-electron chi connectivity index (χ0n) is 11.6. The van der Waals surface area contributed by atoms with E-state index in [2.05, 4.69) is 24.1 Å². The second-order valence-electron chi connectivity index (χ2n) is 5.90. The van der Waals surface area contributed by atoms with Gasteiger partial charge in [-0.15, -0.1) is 0 Å². The fraction of sp³-hybridized carbons (Fsp3) is 1.00. The Morgan fingerprint density at radius 1 is 1.29 bits per heavy atom. The van der Waals surface area contributed by atoms with Crippen LogP contribution in [0.15, 0.2) is 0 Å². The third kappa shape index (κ3) is 3.94. The van der Waals surface area contributed by atoms with Gasteiger partial charge in [0.05, 0.1) is 6.10 Å². The van der Waals surface area contributed by atoms with Gasteiger partial charge in [-0.25, -0.2) is 0 Å². The van der Waals surface area contributed by atoms with Crippen molar-refractivity contribution in [1.82, 2.24) is 10.2 Å². The van der Waals surface area contributed by atoms with Crippen LogP contribution in [0.1, 0.15) is 39.5 Å². The second-order valence-corrected chi connectivity index (χ2v) is 5.90. The van der Waals surface area contributed by atoms with Gasteiger partial charge in [0.2, 0.25) is 0 Å². The van der Waals surface area contributed by atoms with Crippen molar-refractivity contribution in [3.63, 3.8) is 0 Å². The second kappa shape index (κ2) is 6.17. The largest absolute Gasteiger partial charge is 0.380 e. The van der Waals surface area contributed by atoms with E-state index in [9.17, 15) is 0 Å². The average Bonchev–Trinajstić information content (AvgIpc) is 3.19. The number of hydrogen-bond acceptors (Lipinski definition) is 3. The van der Waals surface area contributed by atoms with Gasteiger partial charge < -0.3 is 10.1 Å². The fourth-order valence-corrected chi connectivity index (χ4v) is 2.70. The van der Waals surface area contributed by atoms with Crippen molar-refractivity contribution in [2.45, 2.75) is 57.7 Å². The Hall–Kier alpha value is -0.120. The molecule has 1 heterocycles. The number of hydrogen-bond donors (Lipinski definition) is 1. The summed E-state index contributed by atoms with van der Waals surface area (Å²) in [5.74, 6) is 0.728. The summed E-state index contributed by atoms with van der Waals surface area (Å²) >= 11 is 0. The maximum Gasteiger partial charge on any atom is 0.0698 e. The fourth-order valence-electron chi connectivity index (χ4n) is 2.70. The molecule has 3 atom stereocenters. The summed E-state index contributed by atoms with van der Waals surface area (Å²) in [6, 6.07) is 1.50. The number of nitrogens with zero attached hydrogens (tertiary/aromatic N) is 1. The van der Waals surface area contributed by atoms with Gasteiger partial charge >= 0.3 is 0 Å². The first kappa shape index (κ1) is 13.3. The highest BCUT2D eigenvalue weighted by molar-refractivity contribution is 4.85. The lowest BCUT2D eigenvalue weighted by Gasteiger charge is -2.38. The van der Waals surface area contributed by atoms with E-state index in [1.54, 1.807) is 0 Å². The summed E-state index contributed by atoms with van der Waals surface area (Å²) in [5, 5.41) is 3.64. The molecule has 1 aliphatic carbocycles. The summed E-state index contributed by atoms with van der Waals surface area (Å²) in [6.07, 6.45) is 5.74. The molecule has 1 saturated carbocycles. The van der Waals surface area contributed by atoms with E-state index in [1.807, 2.05) is 7.11 Å². The van der Waals surface area contributed by atoms with E-state index in [0.29, 0.717) is 12.1 Å². The predicted molar refractivity (Wildman–Crippen MR) is 71.3 cm³/mol. The van der Waals surface area contributed by atoms with Crippen molar-refractivity contribution in [1.29, 1.82) is 0 Å². The molecule has 0 spiro atoms. The van der Waals surface area contributed by atoms with Gasteiger partial charge in [0.1, 0.15) is 0 Å². The molecule has 0 aromatic rings. The molecule has 1 N–H and O–H groups in total. The summed E-state index contributed by atoms with van der Waals surface area (Å²) < 4.78 is 5.50. The maximum atomic E-state index is 5.50. The Morgan fingerprint density at radius 2 is 2.06 bits per heavy atom. The Morgan fingerprint density at radius 3 is 2.71 bits per heavy atom. The average molecular weight is 240 g/mol. The van der Waals surface area contributed by atoms with E-state index in [0.717, 1.165) is 18.5 Å². The Bertz CT molecular complexity index is 230. The lowest BCUT2D eigenvalue weighted by Crippen LogP contribution is -2.48. The van der Waals surface area contributed by atoms with Crippen LogP contribution in [0.5, 0.6) is 0 Å². The molecule has 3 nitrogen and oxygen atoms in total. The molecule has 2 fully saturated rings. The SMILES string of the molecule is COC1CCCN(C(C)C(C)CNC2CC2)C1. The summed E-state index contributed by atoms with van der Waals surface area (Å²) in [4.78, 5) is 2.61. The van der Waals surface area contributed by atoms with E-state index >= 15 is 0 Å². The summed E-state index contributed by atoms with van der Waals surface area (Å²) in [5.41, 5.74) is 0. The molecule has 17 heavy (non-hydrogen) atoms. The quantitative estimate of drug-likeness (QED) is 0.767. The lowest BCUT2D eigenvalue weighted by molar-refractivity contribution is 0.00825. The number of nitrogens with one attached hydrogen (secondary N) is 1. The van der Waals surface area contributed by atoms with Crippen LogP contribution in [0, 0.1) is 5.92 Å². The molecule has 3 unspecified atom stereocenters. The smallest absolute Gasteiger partial charge is 0.0698 e. The topological polar surface area (TPSA) is 24.5 Å². The Kier molecular flexibility index (Phi) is 4.83. The molecular formula is C14H28N2O. The molecule has 1 saturated heterocycles. The van der Waals surface area contributed by atoms with Crippen molar-refractivity contribution in [3.05, 3.63) is 0 Å². The highest BCUT2D eigenvalue weighted by atomic mass is 16.5. The summed E-state index contributed by atoms with van der Waals surface area (Å²) in [6.45, 7) is 8.27. The Labute approximate surface area is 106 Å². The van der Waals surface area contributed by atoms with E-state index in [4.69, 9.17) is 4.74 Å². The van der Waals surface area contributed by atoms with Crippen molar-refractivity contribution in [2.75, 3.05) is 26.7 Å². The van der Waals surface area contributed by atoms with Crippen molar-refractivity contribution in [3.8, 4) is 0 Å². The number of ether oxygens (including phenoxy) is 1. The number of methoxy groups -OCH3 is 1. The van der Waals surface area contributed by atoms with Gasteiger partial charge in [0.25, 0.3) is 0 Å². The number of likely N-dealkylation sites (tertiary alicyclic amines) is 1. The van der Waals surface area contributed by atoms with Gasteiger partial charge in [-0.05, 0) is 51.6 Å². The first-order valence-electron chi connectivity index (χ1n) is 7.21. The van der Waals surface area contributed by atoms with Crippen LogP contribution >= 0.6 is 0 Å². The maximum absolute atomic E-state index is 5.50. The van der Waals surface area contributed by atoms with Gasteiger partial charge in [0, 0.05) is 25.7 Å². The van der Waals surface area contributed by atoms with Crippen molar-refractivity contribution in [2.24, 2.45) is 5.92 Å². The molecule has 2 aliphatic rings. The molecule has 2 rings (SSSR count). The minimum atomic E-state index is 0.454. The molecule has 0 bridgehead atoms. The minimum Gasteiger partial charge on any atom is -0.380 e. The molecule has 3 heteroatoms. The minimum absolute atomic E-state index is 0.454. The summed E-state index contributed by atoms with van der Waals surface area (Å²) in [7, 11) is 1.84. The molecule has 100 valence electrons. The van der Waals surface area contributed by atoms with E-state index < -0.39 is 0 Å². The van der Waals surface area contributed by atoms with Crippen LogP contribution in [0.4, 0.5) is 0 Å². The highest BCUT2D eigenvalue weighted by Crippen LogP contribution is 2.21. The van der Waals surface area contributed by atoms with Crippen LogP contribution in [0.2, 0.25) is 0 Å². The van der Waals surface area contributed by atoms with Crippen molar-refractivity contribution < 1.29 is 4.74 Å². The highest BCUT2D eigenvalue weighted by Gasteiger charge is 2.27. The number of rotatable bonds is 6. The predicted octanol–water partition coefficient (Wildman–Crippen LogP) is 1.87. The zero-order chi connectivity index (χ0) is 12.3. The van der Waals surface area contributed by atoms with E-state index in [1.165, 1.54) is 38.8 Å². The normalized spacial score (nSPS) is 30.2. The van der Waals surface area contributed by atoms with Crippen LogP contribution in [0.25, 0.3) is 0 Å². The Balaban J connectivity index is 1.74. The van der Waals surface area contributed by atoms with Gasteiger partial charge in [-0.3, -0.25) is 4.90 Å². The third-order valence-corrected chi connectivity index (χ3v) is 4.45. The molecule has 1 aliphatic heterocycles. The van der Waals surface area contributed by atoms with E-state index in [-0.39, 0.29) is 0 Å².